The molecule has 0 aliphatic carbocycles. The minimum absolute atomic E-state index is 0.0497. The van der Waals surface area contributed by atoms with Gasteiger partial charge in [0.25, 0.3) is 0 Å². The maximum Gasteiger partial charge on any atom is 0.182 e. The van der Waals surface area contributed by atoms with E-state index in [2.05, 4.69) is 20.8 Å². The Morgan fingerprint density at radius 2 is 1.42 bits per heavy atom. The summed E-state index contributed by atoms with van der Waals surface area (Å²) in [5.41, 5.74) is 0.655. The maximum atomic E-state index is 12.9. The summed E-state index contributed by atoms with van der Waals surface area (Å²) in [6, 6.07) is 7.50. The van der Waals surface area contributed by atoms with Gasteiger partial charge in [-0.3, -0.25) is 0 Å². The Balaban J connectivity index is 2.77. The van der Waals surface area contributed by atoms with Crippen LogP contribution in [0.25, 0.3) is 0 Å². The van der Waals surface area contributed by atoms with E-state index in [1.165, 1.54) is 0 Å². The highest BCUT2D eigenvalue weighted by molar-refractivity contribution is 7.92. The van der Waals surface area contributed by atoms with Crippen LogP contribution in [0.4, 0.5) is 0 Å². The van der Waals surface area contributed by atoms with Gasteiger partial charge >= 0.3 is 0 Å². The monoisotopic (exact) mass is 280 g/mol. The molecule has 1 aromatic carbocycles. The van der Waals surface area contributed by atoms with Crippen molar-refractivity contribution in [2.75, 3.05) is 0 Å². The molecule has 0 saturated heterocycles. The van der Waals surface area contributed by atoms with Crippen LogP contribution in [0.15, 0.2) is 29.2 Å². The van der Waals surface area contributed by atoms with Crippen LogP contribution in [-0.4, -0.2) is 13.7 Å². The highest BCUT2D eigenvalue weighted by atomic mass is 32.2. The normalized spacial score (nSPS) is 26.2. The lowest BCUT2D eigenvalue weighted by atomic mass is 9.69. The molecule has 2 atom stereocenters. The fourth-order valence-corrected chi connectivity index (χ4v) is 6.27. The zero-order valence-corrected chi connectivity index (χ0v) is 13.5. The van der Waals surface area contributed by atoms with Gasteiger partial charge in [0.15, 0.2) is 9.84 Å². The van der Waals surface area contributed by atoms with Crippen molar-refractivity contribution >= 4 is 9.84 Å². The molecule has 3 heteroatoms. The predicted molar refractivity (Wildman–Crippen MR) is 79.1 cm³/mol. The molecule has 106 valence electrons. The second-order valence-corrected chi connectivity index (χ2v) is 9.75. The first kappa shape index (κ1) is 14.6. The summed E-state index contributed by atoms with van der Waals surface area (Å²) in [7, 11) is -3.24. The maximum absolute atomic E-state index is 12.9. The van der Waals surface area contributed by atoms with E-state index in [9.17, 15) is 8.42 Å². The molecule has 1 aromatic rings. The molecule has 0 aromatic heterocycles. The van der Waals surface area contributed by atoms with Gasteiger partial charge in [-0.25, -0.2) is 8.42 Å². The largest absolute Gasteiger partial charge is 0.223 e. The lowest BCUT2D eigenvalue weighted by molar-refractivity contribution is 0.238. The van der Waals surface area contributed by atoms with Gasteiger partial charge in [-0.05, 0) is 22.5 Å². The Morgan fingerprint density at radius 1 is 0.895 bits per heavy atom. The first-order valence-electron chi connectivity index (χ1n) is 6.80. The van der Waals surface area contributed by atoms with E-state index in [4.69, 9.17) is 0 Å². The summed E-state index contributed by atoms with van der Waals surface area (Å²) in [6.45, 7) is 12.5. The standard InChI is InChI=1S/C16H24O2S/c1-15(2,3)13-11-9-7-8-10-12(11)19(17,18)14(13)16(4,5)6/h7-10,13-14H,1-6H3. The molecular formula is C16H24O2S. The number of benzene rings is 1. The van der Waals surface area contributed by atoms with E-state index in [1.54, 1.807) is 6.07 Å². The first-order chi connectivity index (χ1) is 8.47. The van der Waals surface area contributed by atoms with Crippen LogP contribution in [0.2, 0.25) is 0 Å². The lowest BCUT2D eigenvalue weighted by Crippen LogP contribution is -2.39. The molecule has 0 fully saturated rings. The van der Waals surface area contributed by atoms with E-state index in [-0.39, 0.29) is 22.0 Å². The van der Waals surface area contributed by atoms with Crippen LogP contribution >= 0.6 is 0 Å². The fraction of sp³-hybridized carbons (Fsp3) is 0.625. The summed E-state index contributed by atoms with van der Waals surface area (Å²) < 4.78 is 25.8. The second-order valence-electron chi connectivity index (χ2n) is 7.71. The highest BCUT2D eigenvalue weighted by Crippen LogP contribution is 2.54. The van der Waals surface area contributed by atoms with Crippen molar-refractivity contribution < 1.29 is 8.42 Å². The van der Waals surface area contributed by atoms with Crippen molar-refractivity contribution in [3.8, 4) is 0 Å². The summed E-state index contributed by atoms with van der Waals surface area (Å²) >= 11 is 0. The molecular weight excluding hydrogens is 256 g/mol. The van der Waals surface area contributed by atoms with E-state index in [0.29, 0.717) is 4.90 Å². The van der Waals surface area contributed by atoms with Crippen LogP contribution in [0.1, 0.15) is 53.0 Å². The topological polar surface area (TPSA) is 34.1 Å². The average molecular weight is 280 g/mol. The predicted octanol–water partition coefficient (Wildman–Crippen LogP) is 4.02. The van der Waals surface area contributed by atoms with Crippen LogP contribution in [0, 0.1) is 10.8 Å². The fourth-order valence-electron chi connectivity index (χ4n) is 3.36. The molecule has 0 radical (unpaired) electrons. The quantitative estimate of drug-likeness (QED) is 0.719. The van der Waals surface area contributed by atoms with Gasteiger partial charge in [0.2, 0.25) is 0 Å². The number of rotatable bonds is 0. The Kier molecular flexibility index (Phi) is 3.13. The van der Waals surface area contributed by atoms with E-state index in [1.807, 2.05) is 39.0 Å². The number of sulfone groups is 1. The van der Waals surface area contributed by atoms with E-state index in [0.717, 1.165) is 5.56 Å². The second kappa shape index (κ2) is 4.08. The Morgan fingerprint density at radius 3 is 1.89 bits per heavy atom. The zero-order valence-electron chi connectivity index (χ0n) is 12.7. The molecule has 0 N–H and O–H groups in total. The molecule has 1 aliphatic rings. The average Bonchev–Trinajstić information content (AvgIpc) is 2.46. The smallest absolute Gasteiger partial charge is 0.182 e. The Labute approximate surface area is 117 Å². The van der Waals surface area contributed by atoms with Gasteiger partial charge in [0, 0.05) is 5.92 Å². The third kappa shape index (κ3) is 2.22. The van der Waals surface area contributed by atoms with Crippen molar-refractivity contribution in [2.24, 2.45) is 10.8 Å². The van der Waals surface area contributed by atoms with Gasteiger partial charge < -0.3 is 0 Å². The number of fused-ring (bicyclic) bond motifs is 1. The summed E-state index contributed by atoms with van der Waals surface area (Å²) in [4.78, 5) is 0.537. The first-order valence-corrected chi connectivity index (χ1v) is 8.35. The van der Waals surface area contributed by atoms with Crippen molar-refractivity contribution in [2.45, 2.75) is 57.6 Å². The van der Waals surface area contributed by atoms with Crippen LogP contribution < -0.4 is 0 Å². The van der Waals surface area contributed by atoms with Gasteiger partial charge in [-0.15, -0.1) is 0 Å². The molecule has 1 heterocycles. The van der Waals surface area contributed by atoms with Gasteiger partial charge in [0.05, 0.1) is 10.1 Å². The highest BCUT2D eigenvalue weighted by Gasteiger charge is 2.53. The Bertz CT molecular complexity index is 586. The Hall–Kier alpha value is -0.830. The van der Waals surface area contributed by atoms with Crippen molar-refractivity contribution in [3.05, 3.63) is 29.8 Å². The van der Waals surface area contributed by atoms with Gasteiger partial charge in [-0.1, -0.05) is 59.7 Å². The number of hydrogen-bond donors (Lipinski definition) is 0. The van der Waals surface area contributed by atoms with Crippen molar-refractivity contribution in [1.82, 2.24) is 0 Å². The molecule has 0 saturated carbocycles. The molecule has 2 rings (SSSR count). The summed E-state index contributed by atoms with van der Waals surface area (Å²) in [5.74, 6) is 0.0497. The van der Waals surface area contributed by atoms with Crippen molar-refractivity contribution in [3.63, 3.8) is 0 Å². The summed E-state index contributed by atoms with van der Waals surface area (Å²) in [6.07, 6.45) is 0. The third-order valence-corrected chi connectivity index (χ3v) is 6.62. The number of hydrogen-bond acceptors (Lipinski definition) is 2. The van der Waals surface area contributed by atoms with Crippen LogP contribution in [-0.2, 0) is 9.84 Å². The molecule has 2 unspecified atom stereocenters. The minimum Gasteiger partial charge on any atom is -0.223 e. The van der Waals surface area contributed by atoms with Gasteiger partial charge in [0.1, 0.15) is 0 Å². The van der Waals surface area contributed by atoms with E-state index < -0.39 is 9.84 Å². The SMILES string of the molecule is CC(C)(C)C1c2ccccc2S(=O)(=O)C1C(C)(C)C. The van der Waals surface area contributed by atoms with Crippen LogP contribution in [0.5, 0.6) is 0 Å². The molecule has 2 nitrogen and oxygen atoms in total. The molecule has 0 amide bonds. The third-order valence-electron chi connectivity index (χ3n) is 3.98. The molecule has 19 heavy (non-hydrogen) atoms. The molecule has 0 bridgehead atoms. The van der Waals surface area contributed by atoms with Crippen LogP contribution in [0.3, 0.4) is 0 Å². The summed E-state index contributed by atoms with van der Waals surface area (Å²) in [5, 5.41) is -0.350. The lowest BCUT2D eigenvalue weighted by Gasteiger charge is -2.38. The zero-order chi connectivity index (χ0) is 14.6. The minimum atomic E-state index is -3.24. The van der Waals surface area contributed by atoms with Crippen molar-refractivity contribution in [1.29, 1.82) is 0 Å². The van der Waals surface area contributed by atoms with E-state index >= 15 is 0 Å². The molecule has 0 spiro atoms. The van der Waals surface area contributed by atoms with Gasteiger partial charge in [-0.2, -0.15) is 0 Å². The molecule has 1 aliphatic heterocycles.